The Morgan fingerprint density at radius 2 is 1.88 bits per heavy atom. The summed E-state index contributed by atoms with van der Waals surface area (Å²) in [6, 6.07) is 9.62. The molecule has 24 heavy (non-hydrogen) atoms. The highest BCUT2D eigenvalue weighted by Crippen LogP contribution is 2.23. The van der Waals surface area contributed by atoms with Crippen LogP contribution in [0.3, 0.4) is 0 Å². The van der Waals surface area contributed by atoms with Crippen molar-refractivity contribution >= 4 is 17.4 Å². The minimum atomic E-state index is -0.122. The van der Waals surface area contributed by atoms with Crippen molar-refractivity contribution in [3.05, 3.63) is 53.2 Å². The maximum absolute atomic E-state index is 12.6. The van der Waals surface area contributed by atoms with E-state index >= 15 is 0 Å². The number of nitrogens with one attached hydrogen (secondary N) is 2. The van der Waals surface area contributed by atoms with Crippen molar-refractivity contribution in [2.75, 3.05) is 30.9 Å². The number of anilines is 2. The van der Waals surface area contributed by atoms with Crippen LogP contribution in [-0.4, -0.2) is 31.2 Å². The Balaban J connectivity index is 2.17. The quantitative estimate of drug-likeness (QED) is 0.728. The van der Waals surface area contributed by atoms with Crippen LogP contribution in [0.15, 0.2) is 36.5 Å². The molecule has 0 bridgehead atoms. The number of pyridine rings is 1. The fourth-order valence-electron chi connectivity index (χ4n) is 2.54. The Hall–Kier alpha value is -2.40. The van der Waals surface area contributed by atoms with Crippen molar-refractivity contribution < 1.29 is 9.53 Å². The first-order valence-electron chi connectivity index (χ1n) is 8.30. The average Bonchev–Trinajstić information content (AvgIpc) is 2.62. The summed E-state index contributed by atoms with van der Waals surface area (Å²) in [7, 11) is 1.65. The molecule has 0 fully saturated rings. The smallest absolute Gasteiger partial charge is 0.255 e. The summed E-state index contributed by atoms with van der Waals surface area (Å²) >= 11 is 0. The van der Waals surface area contributed by atoms with Gasteiger partial charge in [-0.05, 0) is 36.1 Å². The van der Waals surface area contributed by atoms with E-state index in [0.29, 0.717) is 24.5 Å². The molecule has 5 nitrogen and oxygen atoms in total. The monoisotopic (exact) mass is 327 g/mol. The number of aryl methyl sites for hydroxylation is 2. The molecule has 0 atom stereocenters. The van der Waals surface area contributed by atoms with Crippen molar-refractivity contribution in [2.24, 2.45) is 0 Å². The Morgan fingerprint density at radius 1 is 1.17 bits per heavy atom. The summed E-state index contributed by atoms with van der Waals surface area (Å²) in [4.78, 5) is 16.9. The Morgan fingerprint density at radius 3 is 2.50 bits per heavy atom. The summed E-state index contributed by atoms with van der Waals surface area (Å²) < 4.78 is 5.00. The normalized spacial score (nSPS) is 10.5. The molecule has 0 aliphatic carbocycles. The molecule has 1 aromatic carbocycles. The lowest BCUT2D eigenvalue weighted by atomic mass is 10.0. The number of para-hydroxylation sites is 1. The van der Waals surface area contributed by atoms with Gasteiger partial charge in [0.05, 0.1) is 6.61 Å². The fraction of sp³-hybridized carbons (Fsp3) is 0.368. The predicted octanol–water partition coefficient (Wildman–Crippen LogP) is 3.52. The third-order valence-electron chi connectivity index (χ3n) is 3.87. The molecule has 0 saturated carbocycles. The van der Waals surface area contributed by atoms with Gasteiger partial charge < -0.3 is 15.4 Å². The third kappa shape index (κ3) is 4.55. The molecule has 1 aromatic heterocycles. The third-order valence-corrected chi connectivity index (χ3v) is 3.87. The molecule has 2 rings (SSSR count). The molecule has 1 amide bonds. The molecule has 5 heteroatoms. The second kappa shape index (κ2) is 9.03. The van der Waals surface area contributed by atoms with Crippen LogP contribution in [0.2, 0.25) is 0 Å². The van der Waals surface area contributed by atoms with Gasteiger partial charge in [-0.25, -0.2) is 4.98 Å². The lowest BCUT2D eigenvalue weighted by molar-refractivity contribution is 0.102. The summed E-state index contributed by atoms with van der Waals surface area (Å²) in [5.41, 5.74) is 3.81. The average molecular weight is 327 g/mol. The largest absolute Gasteiger partial charge is 0.383 e. The first-order chi connectivity index (χ1) is 11.7. The van der Waals surface area contributed by atoms with Crippen LogP contribution in [0.1, 0.15) is 35.3 Å². The molecule has 1 heterocycles. The second-order valence-corrected chi connectivity index (χ2v) is 5.46. The van der Waals surface area contributed by atoms with Gasteiger partial charge in [-0.1, -0.05) is 32.0 Å². The number of methoxy groups -OCH3 is 1. The van der Waals surface area contributed by atoms with E-state index < -0.39 is 0 Å². The zero-order chi connectivity index (χ0) is 17.4. The Bertz CT molecular complexity index is 664. The molecular formula is C19H25N3O2. The number of rotatable bonds is 8. The predicted molar refractivity (Wildman–Crippen MR) is 97.8 cm³/mol. The van der Waals surface area contributed by atoms with E-state index in [4.69, 9.17) is 4.74 Å². The highest BCUT2D eigenvalue weighted by atomic mass is 16.5. The lowest BCUT2D eigenvalue weighted by Crippen LogP contribution is -2.16. The van der Waals surface area contributed by atoms with E-state index in [-0.39, 0.29) is 5.91 Å². The maximum atomic E-state index is 12.6. The van der Waals surface area contributed by atoms with Crippen molar-refractivity contribution in [2.45, 2.75) is 26.7 Å². The molecule has 0 saturated heterocycles. The number of nitrogens with zero attached hydrogens (tertiary/aromatic N) is 1. The van der Waals surface area contributed by atoms with Gasteiger partial charge in [0.1, 0.15) is 5.82 Å². The van der Waals surface area contributed by atoms with Crippen LogP contribution >= 0.6 is 0 Å². The number of aromatic nitrogens is 1. The van der Waals surface area contributed by atoms with E-state index in [1.54, 1.807) is 25.4 Å². The van der Waals surface area contributed by atoms with Gasteiger partial charge in [-0.3, -0.25) is 4.79 Å². The first-order valence-corrected chi connectivity index (χ1v) is 8.30. The van der Waals surface area contributed by atoms with Crippen molar-refractivity contribution in [3.63, 3.8) is 0 Å². The number of hydrogen-bond donors (Lipinski definition) is 2. The molecule has 0 aliphatic heterocycles. The topological polar surface area (TPSA) is 63.2 Å². The summed E-state index contributed by atoms with van der Waals surface area (Å²) in [5, 5.41) is 6.21. The summed E-state index contributed by atoms with van der Waals surface area (Å²) in [6.07, 6.45) is 3.39. The number of ether oxygens (including phenoxy) is 1. The minimum Gasteiger partial charge on any atom is -0.383 e. The second-order valence-electron chi connectivity index (χ2n) is 5.46. The zero-order valence-corrected chi connectivity index (χ0v) is 14.6. The van der Waals surface area contributed by atoms with Crippen molar-refractivity contribution in [1.29, 1.82) is 0 Å². The lowest BCUT2D eigenvalue weighted by Gasteiger charge is -2.14. The minimum absolute atomic E-state index is 0.122. The van der Waals surface area contributed by atoms with Crippen molar-refractivity contribution in [3.8, 4) is 0 Å². The summed E-state index contributed by atoms with van der Waals surface area (Å²) in [5.74, 6) is 0.544. The highest BCUT2D eigenvalue weighted by molar-refractivity contribution is 6.05. The molecule has 2 aromatic rings. The number of carbonyl (C=O) groups excluding carboxylic acids is 1. The molecule has 2 N–H and O–H groups in total. The number of hydrogen-bond acceptors (Lipinski definition) is 4. The molecule has 0 spiro atoms. The van der Waals surface area contributed by atoms with E-state index in [0.717, 1.165) is 29.7 Å². The van der Waals surface area contributed by atoms with Gasteiger partial charge in [0, 0.05) is 31.1 Å². The van der Waals surface area contributed by atoms with Gasteiger partial charge >= 0.3 is 0 Å². The van der Waals surface area contributed by atoms with Gasteiger partial charge in [-0.15, -0.1) is 0 Å². The van der Waals surface area contributed by atoms with Crippen LogP contribution < -0.4 is 10.6 Å². The van der Waals surface area contributed by atoms with E-state index in [1.807, 2.05) is 6.07 Å². The SMILES string of the molecule is CCc1cccc(CC)c1NC(=O)c1ccnc(NCCOC)c1. The highest BCUT2D eigenvalue weighted by Gasteiger charge is 2.12. The van der Waals surface area contributed by atoms with Crippen LogP contribution in [0.5, 0.6) is 0 Å². The van der Waals surface area contributed by atoms with Gasteiger partial charge in [0.15, 0.2) is 0 Å². The zero-order valence-electron chi connectivity index (χ0n) is 14.6. The number of amides is 1. The van der Waals surface area contributed by atoms with Crippen LogP contribution in [-0.2, 0) is 17.6 Å². The Labute approximate surface area is 143 Å². The maximum Gasteiger partial charge on any atom is 0.255 e. The van der Waals surface area contributed by atoms with Crippen LogP contribution in [0.4, 0.5) is 11.5 Å². The molecular weight excluding hydrogens is 302 g/mol. The van der Waals surface area contributed by atoms with E-state index in [2.05, 4.69) is 41.6 Å². The standard InChI is InChI=1S/C19H25N3O2/c1-4-14-7-6-8-15(5-2)18(14)22-19(23)16-9-10-20-17(13-16)21-11-12-24-3/h6-10,13H,4-5,11-12H2,1-3H3,(H,20,21)(H,22,23). The van der Waals surface area contributed by atoms with Crippen LogP contribution in [0.25, 0.3) is 0 Å². The number of carbonyl (C=O) groups is 1. The number of benzene rings is 1. The molecule has 0 radical (unpaired) electrons. The van der Waals surface area contributed by atoms with Gasteiger partial charge in [0.25, 0.3) is 5.91 Å². The molecule has 0 aliphatic rings. The van der Waals surface area contributed by atoms with Gasteiger partial charge in [-0.2, -0.15) is 0 Å². The van der Waals surface area contributed by atoms with Gasteiger partial charge in [0.2, 0.25) is 0 Å². The first kappa shape index (κ1) is 17.9. The molecule has 128 valence electrons. The van der Waals surface area contributed by atoms with E-state index in [1.165, 1.54) is 0 Å². The van der Waals surface area contributed by atoms with Crippen molar-refractivity contribution in [1.82, 2.24) is 4.98 Å². The fourth-order valence-corrected chi connectivity index (χ4v) is 2.54. The van der Waals surface area contributed by atoms with Crippen LogP contribution in [0, 0.1) is 0 Å². The summed E-state index contributed by atoms with van der Waals surface area (Å²) in [6.45, 7) is 5.42. The molecule has 0 unspecified atom stereocenters. The van der Waals surface area contributed by atoms with E-state index in [9.17, 15) is 4.79 Å². The Kier molecular flexibility index (Phi) is 6.75.